The molecule has 0 aromatic heterocycles. The maximum atomic E-state index is 11.9. The molecule has 1 aliphatic rings. The molecule has 1 saturated heterocycles. The Morgan fingerprint density at radius 2 is 2.10 bits per heavy atom. The van der Waals surface area contributed by atoms with Gasteiger partial charge in [-0.05, 0) is 31.9 Å². The highest BCUT2D eigenvalue weighted by Gasteiger charge is 2.31. The topological polar surface area (TPSA) is 61.4 Å². The Kier molecular flexibility index (Phi) is 4.83. The minimum absolute atomic E-state index is 0.100. The number of rotatable bonds is 4. The van der Waals surface area contributed by atoms with Gasteiger partial charge in [0, 0.05) is 25.6 Å². The number of aryl methyl sites for hydroxylation is 1. The monoisotopic (exact) mass is 289 g/mol. The first-order valence-electron chi connectivity index (χ1n) is 7.35. The van der Waals surface area contributed by atoms with E-state index in [1.807, 2.05) is 45.0 Å². The van der Waals surface area contributed by atoms with Crippen molar-refractivity contribution in [1.29, 1.82) is 0 Å². The predicted molar refractivity (Wildman–Crippen MR) is 81.8 cm³/mol. The molecule has 1 aliphatic heterocycles. The van der Waals surface area contributed by atoms with Gasteiger partial charge in [-0.3, -0.25) is 4.79 Å². The zero-order valence-electron chi connectivity index (χ0n) is 12.8. The van der Waals surface area contributed by atoms with Crippen molar-refractivity contribution in [2.45, 2.75) is 45.8 Å². The second-order valence-electron chi connectivity index (χ2n) is 5.79. The van der Waals surface area contributed by atoms with Crippen molar-refractivity contribution in [2.24, 2.45) is 0 Å². The van der Waals surface area contributed by atoms with E-state index in [1.165, 1.54) is 0 Å². The number of carbonyl (C=O) groups is 2. The summed E-state index contributed by atoms with van der Waals surface area (Å²) in [6.45, 7) is 7.07. The van der Waals surface area contributed by atoms with Crippen LogP contribution in [0.1, 0.15) is 31.4 Å². The molecule has 0 bridgehead atoms. The summed E-state index contributed by atoms with van der Waals surface area (Å²) < 4.78 is 0. The fraction of sp³-hybridized carbons (Fsp3) is 0.500. The van der Waals surface area contributed by atoms with Crippen molar-refractivity contribution < 1.29 is 9.59 Å². The molecule has 1 fully saturated rings. The average Bonchev–Trinajstić information content (AvgIpc) is 2.79. The maximum Gasteiger partial charge on any atom is 0.315 e. The van der Waals surface area contributed by atoms with Gasteiger partial charge in [-0.25, -0.2) is 4.79 Å². The molecule has 0 spiro atoms. The van der Waals surface area contributed by atoms with Crippen LogP contribution in [-0.2, 0) is 11.3 Å². The highest BCUT2D eigenvalue weighted by atomic mass is 16.2. The number of nitrogens with one attached hydrogen (secondary N) is 2. The van der Waals surface area contributed by atoms with Crippen LogP contribution < -0.4 is 10.6 Å². The third-order valence-corrected chi connectivity index (χ3v) is 3.82. The molecule has 1 aromatic carbocycles. The van der Waals surface area contributed by atoms with Crippen LogP contribution in [0.25, 0.3) is 0 Å². The van der Waals surface area contributed by atoms with Gasteiger partial charge in [0.1, 0.15) is 0 Å². The number of amides is 3. The van der Waals surface area contributed by atoms with Gasteiger partial charge in [0.25, 0.3) is 0 Å². The Morgan fingerprint density at radius 3 is 2.71 bits per heavy atom. The number of hydrogen-bond donors (Lipinski definition) is 2. The second kappa shape index (κ2) is 6.61. The quantitative estimate of drug-likeness (QED) is 0.888. The standard InChI is InChI=1S/C16H23N3O2/c1-11(2)19-10-14(8-15(19)20)18-16(21)17-9-13-7-5-4-6-12(13)3/h4-7,11,14H,8-10H2,1-3H3,(H2,17,18,21). The summed E-state index contributed by atoms with van der Waals surface area (Å²) in [5.41, 5.74) is 2.25. The lowest BCUT2D eigenvalue weighted by molar-refractivity contribution is -0.129. The van der Waals surface area contributed by atoms with Crippen LogP contribution in [0.3, 0.4) is 0 Å². The van der Waals surface area contributed by atoms with Crippen molar-refractivity contribution in [3.63, 3.8) is 0 Å². The average molecular weight is 289 g/mol. The van der Waals surface area contributed by atoms with E-state index in [4.69, 9.17) is 0 Å². The van der Waals surface area contributed by atoms with E-state index in [9.17, 15) is 9.59 Å². The van der Waals surface area contributed by atoms with Gasteiger partial charge < -0.3 is 15.5 Å². The summed E-state index contributed by atoms with van der Waals surface area (Å²) in [7, 11) is 0. The van der Waals surface area contributed by atoms with Crippen LogP contribution in [0.15, 0.2) is 24.3 Å². The molecule has 0 radical (unpaired) electrons. The number of likely N-dealkylation sites (tertiary alicyclic amines) is 1. The molecular formula is C16H23N3O2. The molecule has 5 nitrogen and oxygen atoms in total. The van der Waals surface area contributed by atoms with Crippen molar-refractivity contribution in [2.75, 3.05) is 6.54 Å². The molecule has 21 heavy (non-hydrogen) atoms. The lowest BCUT2D eigenvalue weighted by Crippen LogP contribution is -2.43. The van der Waals surface area contributed by atoms with Crippen molar-refractivity contribution in [3.8, 4) is 0 Å². The highest BCUT2D eigenvalue weighted by molar-refractivity contribution is 5.81. The van der Waals surface area contributed by atoms with Gasteiger partial charge in [0.15, 0.2) is 0 Å². The zero-order chi connectivity index (χ0) is 15.4. The van der Waals surface area contributed by atoms with Gasteiger partial charge in [-0.2, -0.15) is 0 Å². The molecule has 114 valence electrons. The van der Waals surface area contributed by atoms with Crippen molar-refractivity contribution >= 4 is 11.9 Å². The molecule has 1 atom stereocenters. The number of nitrogens with zero attached hydrogens (tertiary/aromatic N) is 1. The zero-order valence-corrected chi connectivity index (χ0v) is 12.8. The third-order valence-electron chi connectivity index (χ3n) is 3.82. The van der Waals surface area contributed by atoms with E-state index in [0.717, 1.165) is 11.1 Å². The molecule has 0 aliphatic carbocycles. The number of carbonyl (C=O) groups excluding carboxylic acids is 2. The lowest BCUT2D eigenvalue weighted by Gasteiger charge is -2.21. The Bertz CT molecular complexity index is 528. The van der Waals surface area contributed by atoms with Crippen molar-refractivity contribution in [1.82, 2.24) is 15.5 Å². The van der Waals surface area contributed by atoms with Crippen LogP contribution in [-0.4, -0.2) is 35.5 Å². The summed E-state index contributed by atoms with van der Waals surface area (Å²) in [4.78, 5) is 25.5. The first kappa shape index (κ1) is 15.4. The largest absolute Gasteiger partial charge is 0.338 e. The van der Waals surface area contributed by atoms with Crippen molar-refractivity contribution in [3.05, 3.63) is 35.4 Å². The summed E-state index contributed by atoms with van der Waals surface area (Å²) in [5, 5.41) is 5.72. The van der Waals surface area contributed by atoms with Gasteiger partial charge in [-0.1, -0.05) is 24.3 Å². The number of urea groups is 1. The van der Waals surface area contributed by atoms with Gasteiger partial charge >= 0.3 is 6.03 Å². The minimum Gasteiger partial charge on any atom is -0.338 e. The molecule has 1 aromatic rings. The Morgan fingerprint density at radius 1 is 1.38 bits per heavy atom. The fourth-order valence-corrected chi connectivity index (χ4v) is 2.55. The fourth-order valence-electron chi connectivity index (χ4n) is 2.55. The summed E-state index contributed by atoms with van der Waals surface area (Å²) >= 11 is 0. The summed E-state index contributed by atoms with van der Waals surface area (Å²) in [5.74, 6) is 0.106. The minimum atomic E-state index is -0.221. The van der Waals surface area contributed by atoms with E-state index in [-0.39, 0.29) is 24.0 Å². The van der Waals surface area contributed by atoms with Crippen LogP contribution in [0.2, 0.25) is 0 Å². The van der Waals surface area contributed by atoms with E-state index in [1.54, 1.807) is 4.90 Å². The van der Waals surface area contributed by atoms with E-state index >= 15 is 0 Å². The summed E-state index contributed by atoms with van der Waals surface area (Å²) in [6, 6.07) is 7.81. The predicted octanol–water partition coefficient (Wildman–Crippen LogP) is 1.80. The molecule has 1 unspecified atom stereocenters. The molecule has 1 heterocycles. The molecule has 2 N–H and O–H groups in total. The molecular weight excluding hydrogens is 266 g/mol. The first-order valence-corrected chi connectivity index (χ1v) is 7.35. The number of benzene rings is 1. The third kappa shape index (κ3) is 3.97. The smallest absolute Gasteiger partial charge is 0.315 e. The number of hydrogen-bond acceptors (Lipinski definition) is 2. The highest BCUT2D eigenvalue weighted by Crippen LogP contribution is 2.14. The van der Waals surface area contributed by atoms with Gasteiger partial charge in [-0.15, -0.1) is 0 Å². The van der Waals surface area contributed by atoms with Crippen LogP contribution in [0.4, 0.5) is 4.79 Å². The van der Waals surface area contributed by atoms with Gasteiger partial charge in [0.2, 0.25) is 5.91 Å². The Hall–Kier alpha value is -2.04. The second-order valence-corrected chi connectivity index (χ2v) is 5.79. The van der Waals surface area contributed by atoms with Crippen LogP contribution >= 0.6 is 0 Å². The van der Waals surface area contributed by atoms with Crippen LogP contribution in [0.5, 0.6) is 0 Å². The normalized spacial score (nSPS) is 18.2. The summed E-state index contributed by atoms with van der Waals surface area (Å²) in [6.07, 6.45) is 0.385. The lowest BCUT2D eigenvalue weighted by atomic mass is 10.1. The SMILES string of the molecule is Cc1ccccc1CNC(=O)NC1CC(=O)N(C(C)C)C1. The van der Waals surface area contributed by atoms with E-state index < -0.39 is 0 Å². The first-order chi connectivity index (χ1) is 9.97. The van der Waals surface area contributed by atoms with E-state index in [0.29, 0.717) is 19.5 Å². The maximum absolute atomic E-state index is 11.9. The van der Waals surface area contributed by atoms with Gasteiger partial charge in [0.05, 0.1) is 6.04 Å². The van der Waals surface area contributed by atoms with Crippen LogP contribution in [0, 0.1) is 6.92 Å². The Balaban J connectivity index is 1.81. The molecule has 2 rings (SSSR count). The van der Waals surface area contributed by atoms with E-state index in [2.05, 4.69) is 10.6 Å². The molecule has 0 saturated carbocycles. The molecule has 5 heteroatoms. The molecule has 3 amide bonds. The Labute approximate surface area is 125 Å².